The van der Waals surface area contributed by atoms with Gasteiger partial charge in [-0.2, -0.15) is 0 Å². The summed E-state index contributed by atoms with van der Waals surface area (Å²) in [5.74, 6) is 0.472. The van der Waals surface area contributed by atoms with Crippen LogP contribution in [0.1, 0.15) is 38.7 Å². The fourth-order valence-corrected chi connectivity index (χ4v) is 4.97. The molecule has 0 aliphatic carbocycles. The van der Waals surface area contributed by atoms with Gasteiger partial charge in [0.2, 0.25) is 21.8 Å². The minimum Gasteiger partial charge on any atom is -0.457 e. The van der Waals surface area contributed by atoms with E-state index in [1.165, 1.54) is 4.90 Å². The third kappa shape index (κ3) is 8.85. The van der Waals surface area contributed by atoms with Gasteiger partial charge in [0.25, 0.3) is 0 Å². The van der Waals surface area contributed by atoms with Crippen molar-refractivity contribution in [2.24, 2.45) is 0 Å². The monoisotopic (exact) mass is 551 g/mol. The van der Waals surface area contributed by atoms with Crippen molar-refractivity contribution >= 4 is 27.5 Å². The Morgan fingerprint density at radius 1 is 0.872 bits per heavy atom. The van der Waals surface area contributed by atoms with E-state index >= 15 is 0 Å². The average molecular weight is 552 g/mol. The molecule has 0 spiro atoms. The van der Waals surface area contributed by atoms with Crippen LogP contribution in [0.5, 0.6) is 11.5 Å². The normalized spacial score (nSPS) is 11.9. The van der Waals surface area contributed by atoms with E-state index in [-0.39, 0.29) is 12.5 Å². The standard InChI is InChI=1S/C30H37N3O5S/c1-4-6-21-31-30(35)28(5-2)32(22-24-13-9-7-10-14-24)29(34)23-33(39(3,36)37)25-17-19-27(20-18-25)38-26-15-11-8-12-16-26/h7-20,28H,4-6,21-23H2,1-3H3,(H,31,35)/t28-/m1/s1. The number of nitrogens with one attached hydrogen (secondary N) is 1. The van der Waals surface area contributed by atoms with Gasteiger partial charge in [-0.3, -0.25) is 13.9 Å². The second kappa shape index (κ2) is 14.3. The first-order chi connectivity index (χ1) is 18.7. The number of hydrogen-bond donors (Lipinski definition) is 1. The fourth-order valence-electron chi connectivity index (χ4n) is 4.12. The molecule has 39 heavy (non-hydrogen) atoms. The topological polar surface area (TPSA) is 96.0 Å². The number of benzene rings is 3. The molecule has 0 heterocycles. The number of ether oxygens (including phenoxy) is 1. The molecule has 208 valence electrons. The van der Waals surface area contributed by atoms with Crippen LogP contribution in [0, 0.1) is 0 Å². The van der Waals surface area contributed by atoms with E-state index < -0.39 is 28.5 Å². The maximum atomic E-state index is 13.7. The highest BCUT2D eigenvalue weighted by atomic mass is 32.2. The lowest BCUT2D eigenvalue weighted by Crippen LogP contribution is -2.52. The Kier molecular flexibility index (Phi) is 10.9. The minimum absolute atomic E-state index is 0.181. The van der Waals surface area contributed by atoms with Crippen LogP contribution in [0.25, 0.3) is 0 Å². The van der Waals surface area contributed by atoms with Gasteiger partial charge >= 0.3 is 0 Å². The van der Waals surface area contributed by atoms with Gasteiger partial charge in [-0.05, 0) is 54.8 Å². The molecule has 3 aromatic rings. The Morgan fingerprint density at radius 3 is 2.03 bits per heavy atom. The Bertz CT molecular complexity index is 1300. The quantitative estimate of drug-likeness (QED) is 0.286. The van der Waals surface area contributed by atoms with Crippen LogP contribution in [0.2, 0.25) is 0 Å². The van der Waals surface area contributed by atoms with Crippen LogP contribution < -0.4 is 14.4 Å². The third-order valence-electron chi connectivity index (χ3n) is 6.19. The van der Waals surface area contributed by atoms with Crippen molar-refractivity contribution in [1.82, 2.24) is 10.2 Å². The number of nitrogens with zero attached hydrogens (tertiary/aromatic N) is 2. The highest BCUT2D eigenvalue weighted by molar-refractivity contribution is 7.92. The number of amides is 2. The largest absolute Gasteiger partial charge is 0.457 e. The van der Waals surface area contributed by atoms with E-state index in [2.05, 4.69) is 5.32 Å². The Morgan fingerprint density at radius 2 is 1.46 bits per heavy atom. The zero-order chi connectivity index (χ0) is 28.3. The van der Waals surface area contributed by atoms with Crippen LogP contribution in [0.3, 0.4) is 0 Å². The van der Waals surface area contributed by atoms with Gasteiger partial charge in [-0.1, -0.05) is 68.8 Å². The number of hydrogen-bond acceptors (Lipinski definition) is 5. The van der Waals surface area contributed by atoms with E-state index in [9.17, 15) is 18.0 Å². The molecular weight excluding hydrogens is 514 g/mol. The summed E-state index contributed by atoms with van der Waals surface area (Å²) < 4.78 is 32.5. The number of rotatable bonds is 14. The average Bonchev–Trinajstić information content (AvgIpc) is 2.93. The van der Waals surface area contributed by atoms with Gasteiger partial charge in [0.05, 0.1) is 11.9 Å². The fraction of sp³-hybridized carbons (Fsp3) is 0.333. The Hall–Kier alpha value is -3.85. The minimum atomic E-state index is -3.82. The second-order valence-electron chi connectivity index (χ2n) is 9.25. The number of para-hydroxylation sites is 1. The summed E-state index contributed by atoms with van der Waals surface area (Å²) in [4.78, 5) is 28.3. The zero-order valence-electron chi connectivity index (χ0n) is 22.7. The number of unbranched alkanes of at least 4 members (excludes halogenated alkanes) is 1. The van der Waals surface area contributed by atoms with E-state index in [0.717, 1.165) is 29.0 Å². The van der Waals surface area contributed by atoms with Crippen molar-refractivity contribution < 1.29 is 22.7 Å². The van der Waals surface area contributed by atoms with Crippen molar-refractivity contribution in [2.45, 2.75) is 45.7 Å². The molecule has 3 aromatic carbocycles. The first kappa shape index (κ1) is 29.7. The first-order valence-electron chi connectivity index (χ1n) is 13.1. The highest BCUT2D eigenvalue weighted by Gasteiger charge is 2.31. The lowest BCUT2D eigenvalue weighted by atomic mass is 10.1. The number of carbonyl (C=O) groups is 2. The number of carbonyl (C=O) groups excluding carboxylic acids is 2. The van der Waals surface area contributed by atoms with Crippen molar-refractivity contribution in [1.29, 1.82) is 0 Å². The molecule has 2 amide bonds. The van der Waals surface area contributed by atoms with Crippen LogP contribution in [-0.4, -0.2) is 50.5 Å². The molecule has 8 nitrogen and oxygen atoms in total. The number of anilines is 1. The van der Waals surface area contributed by atoms with Gasteiger partial charge in [0.1, 0.15) is 24.1 Å². The Labute approximate surface area is 231 Å². The molecule has 0 saturated carbocycles. The van der Waals surface area contributed by atoms with E-state index in [1.807, 2.05) is 74.5 Å². The molecule has 0 fully saturated rings. The summed E-state index contributed by atoms with van der Waals surface area (Å²) in [5, 5.41) is 2.92. The molecular formula is C30H37N3O5S. The maximum absolute atomic E-state index is 13.7. The van der Waals surface area contributed by atoms with Crippen LogP contribution >= 0.6 is 0 Å². The highest BCUT2D eigenvalue weighted by Crippen LogP contribution is 2.26. The lowest BCUT2D eigenvalue weighted by Gasteiger charge is -2.33. The summed E-state index contributed by atoms with van der Waals surface area (Å²) >= 11 is 0. The second-order valence-corrected chi connectivity index (χ2v) is 11.2. The van der Waals surface area contributed by atoms with Crippen molar-refractivity contribution in [2.75, 3.05) is 23.7 Å². The van der Waals surface area contributed by atoms with Crippen molar-refractivity contribution in [3.63, 3.8) is 0 Å². The molecule has 0 aromatic heterocycles. The van der Waals surface area contributed by atoms with E-state index in [4.69, 9.17) is 4.74 Å². The molecule has 3 rings (SSSR count). The van der Waals surface area contributed by atoms with Crippen LogP contribution in [0.15, 0.2) is 84.9 Å². The smallest absolute Gasteiger partial charge is 0.244 e. The summed E-state index contributed by atoms with van der Waals surface area (Å²) in [5.41, 5.74) is 1.17. The summed E-state index contributed by atoms with van der Waals surface area (Å²) in [6.45, 7) is 4.14. The SMILES string of the molecule is CCCCNC(=O)[C@@H](CC)N(Cc1ccccc1)C(=O)CN(c1ccc(Oc2ccccc2)cc1)S(C)(=O)=O. The lowest BCUT2D eigenvalue weighted by molar-refractivity contribution is -0.140. The van der Waals surface area contributed by atoms with Crippen molar-refractivity contribution in [3.8, 4) is 11.5 Å². The molecule has 1 atom stereocenters. The molecule has 0 bridgehead atoms. The van der Waals surface area contributed by atoms with Gasteiger partial charge in [-0.15, -0.1) is 0 Å². The predicted octanol–water partition coefficient (Wildman–Crippen LogP) is 4.97. The summed E-state index contributed by atoms with van der Waals surface area (Å²) in [6.07, 6.45) is 3.22. The molecule has 0 aliphatic heterocycles. The predicted molar refractivity (Wildman–Crippen MR) is 154 cm³/mol. The molecule has 1 N–H and O–H groups in total. The van der Waals surface area contributed by atoms with E-state index in [1.54, 1.807) is 24.3 Å². The molecule has 0 unspecified atom stereocenters. The van der Waals surface area contributed by atoms with Gasteiger partial charge < -0.3 is 15.0 Å². The molecule has 0 saturated heterocycles. The maximum Gasteiger partial charge on any atom is 0.244 e. The Balaban J connectivity index is 1.85. The van der Waals surface area contributed by atoms with Crippen LogP contribution in [-0.2, 0) is 26.2 Å². The summed E-state index contributed by atoms with van der Waals surface area (Å²) in [6, 6.07) is 24.4. The molecule has 0 radical (unpaired) electrons. The molecule has 0 aliphatic rings. The van der Waals surface area contributed by atoms with E-state index in [0.29, 0.717) is 30.2 Å². The van der Waals surface area contributed by atoms with Crippen LogP contribution in [0.4, 0.5) is 5.69 Å². The first-order valence-corrected chi connectivity index (χ1v) is 15.0. The van der Waals surface area contributed by atoms with Crippen molar-refractivity contribution in [3.05, 3.63) is 90.5 Å². The van der Waals surface area contributed by atoms with Gasteiger partial charge in [0.15, 0.2) is 0 Å². The zero-order valence-corrected chi connectivity index (χ0v) is 23.6. The van der Waals surface area contributed by atoms with Gasteiger partial charge in [-0.25, -0.2) is 8.42 Å². The summed E-state index contributed by atoms with van der Waals surface area (Å²) in [7, 11) is -3.82. The number of sulfonamides is 1. The van der Waals surface area contributed by atoms with Gasteiger partial charge in [0, 0.05) is 13.1 Å². The molecule has 9 heteroatoms. The third-order valence-corrected chi connectivity index (χ3v) is 7.33.